The summed E-state index contributed by atoms with van der Waals surface area (Å²) in [4.78, 5) is 1.75. The molecule has 0 aromatic carbocycles. The standard InChI is InChI=1S/C12H25N3O6S2/c1-7(14(2)3)22-12-9(13)11(17)10(16)8(21-12)6-20-23(18,19)15(4)5/h8-12,16-17H,1,6,13H2,2-5H3/t8-,9-,10-,11-,12-/m1/s1. The molecule has 0 unspecified atom stereocenters. The molecule has 0 amide bonds. The van der Waals surface area contributed by atoms with Crippen molar-refractivity contribution >= 4 is 22.1 Å². The third-order valence-corrected chi connectivity index (χ3v) is 5.95. The lowest BCUT2D eigenvalue weighted by Crippen LogP contribution is -2.61. The molecule has 1 aliphatic rings. The summed E-state index contributed by atoms with van der Waals surface area (Å²) in [7, 11) is 2.31. The zero-order valence-corrected chi connectivity index (χ0v) is 15.2. The average molecular weight is 371 g/mol. The van der Waals surface area contributed by atoms with Crippen molar-refractivity contribution in [1.82, 2.24) is 9.21 Å². The van der Waals surface area contributed by atoms with E-state index in [-0.39, 0.29) is 0 Å². The highest BCUT2D eigenvalue weighted by Gasteiger charge is 2.44. The average Bonchev–Trinajstić information content (AvgIpc) is 2.46. The Hall–Kier alpha value is -0.400. The van der Waals surface area contributed by atoms with Gasteiger partial charge in [0.25, 0.3) is 0 Å². The molecule has 0 spiro atoms. The van der Waals surface area contributed by atoms with Gasteiger partial charge in [-0.3, -0.25) is 4.18 Å². The predicted molar refractivity (Wildman–Crippen MR) is 87.6 cm³/mol. The van der Waals surface area contributed by atoms with E-state index < -0.39 is 46.7 Å². The van der Waals surface area contributed by atoms with Crippen LogP contribution >= 0.6 is 11.8 Å². The molecule has 0 aliphatic carbocycles. The fourth-order valence-corrected chi connectivity index (χ4v) is 3.21. The van der Waals surface area contributed by atoms with Crippen LogP contribution in [0.25, 0.3) is 0 Å². The van der Waals surface area contributed by atoms with Gasteiger partial charge >= 0.3 is 10.3 Å². The second-order valence-electron chi connectivity index (χ2n) is 5.53. The molecule has 0 aromatic rings. The van der Waals surface area contributed by atoms with Gasteiger partial charge in [0.2, 0.25) is 0 Å². The van der Waals surface area contributed by atoms with Gasteiger partial charge in [-0.05, 0) is 0 Å². The Morgan fingerprint density at radius 1 is 1.30 bits per heavy atom. The quantitative estimate of drug-likeness (QED) is 0.482. The summed E-state index contributed by atoms with van der Waals surface area (Å²) in [5.74, 6) is 0. The molecule has 0 saturated carbocycles. The molecular formula is C12H25N3O6S2. The first-order valence-electron chi connectivity index (χ1n) is 6.84. The molecule has 1 saturated heterocycles. The molecule has 4 N–H and O–H groups in total. The second-order valence-corrected chi connectivity index (χ2v) is 8.53. The van der Waals surface area contributed by atoms with E-state index in [1.807, 2.05) is 0 Å². The molecule has 11 heteroatoms. The number of thioether (sulfide) groups is 1. The largest absolute Gasteiger partial charge is 0.389 e. The number of nitrogens with zero attached hydrogens (tertiary/aromatic N) is 2. The van der Waals surface area contributed by atoms with Crippen molar-refractivity contribution in [3.05, 3.63) is 11.6 Å². The Labute approximate surface area is 141 Å². The summed E-state index contributed by atoms with van der Waals surface area (Å²) < 4.78 is 34.6. The van der Waals surface area contributed by atoms with Crippen LogP contribution in [-0.4, -0.2) is 92.4 Å². The Bertz CT molecular complexity index is 513. The smallest absolute Gasteiger partial charge is 0.337 e. The van der Waals surface area contributed by atoms with E-state index in [1.54, 1.807) is 19.0 Å². The fourth-order valence-electron chi connectivity index (χ4n) is 1.69. The second kappa shape index (κ2) is 8.12. The molecule has 1 fully saturated rings. The number of hydrogen-bond acceptors (Lipinski definition) is 9. The first-order valence-corrected chi connectivity index (χ1v) is 9.08. The van der Waals surface area contributed by atoms with Crippen LogP contribution in [0.4, 0.5) is 0 Å². The summed E-state index contributed by atoms with van der Waals surface area (Å²) >= 11 is 1.18. The SMILES string of the molecule is C=C(S[C@H]1O[C@H](COS(=O)(=O)N(C)C)[C@@H](O)[C@H](O)[C@H]1N)N(C)C. The van der Waals surface area contributed by atoms with E-state index in [4.69, 9.17) is 14.7 Å². The predicted octanol–water partition coefficient (Wildman–Crippen LogP) is -1.65. The van der Waals surface area contributed by atoms with Gasteiger partial charge in [-0.2, -0.15) is 12.7 Å². The van der Waals surface area contributed by atoms with Crippen molar-refractivity contribution in [2.24, 2.45) is 5.73 Å². The van der Waals surface area contributed by atoms with Crippen molar-refractivity contribution < 1.29 is 27.6 Å². The number of hydrogen-bond donors (Lipinski definition) is 3. The molecule has 1 rings (SSSR count). The maximum Gasteiger partial charge on any atom is 0.337 e. The number of aliphatic hydroxyl groups is 2. The van der Waals surface area contributed by atoms with E-state index >= 15 is 0 Å². The summed E-state index contributed by atoms with van der Waals surface area (Å²) in [6.07, 6.45) is -3.66. The van der Waals surface area contributed by atoms with Gasteiger partial charge in [0.15, 0.2) is 0 Å². The van der Waals surface area contributed by atoms with Gasteiger partial charge in [0.1, 0.15) is 23.7 Å². The van der Waals surface area contributed by atoms with Crippen LogP contribution in [0.15, 0.2) is 11.6 Å². The topological polar surface area (TPSA) is 126 Å². The molecule has 1 aliphatic heterocycles. The van der Waals surface area contributed by atoms with Crippen LogP contribution in [0.1, 0.15) is 0 Å². The van der Waals surface area contributed by atoms with Gasteiger partial charge < -0.3 is 25.6 Å². The van der Waals surface area contributed by atoms with Gasteiger partial charge in [0.05, 0.1) is 17.7 Å². The maximum absolute atomic E-state index is 11.6. The van der Waals surface area contributed by atoms with Crippen LogP contribution in [0.2, 0.25) is 0 Å². The van der Waals surface area contributed by atoms with Gasteiger partial charge in [-0.15, -0.1) is 0 Å². The summed E-state index contributed by atoms with van der Waals surface area (Å²) in [6.45, 7) is 3.40. The molecule has 5 atom stereocenters. The van der Waals surface area contributed by atoms with Crippen molar-refractivity contribution in [3.8, 4) is 0 Å². The van der Waals surface area contributed by atoms with E-state index in [0.29, 0.717) is 5.03 Å². The Kier molecular flexibility index (Phi) is 7.29. The maximum atomic E-state index is 11.6. The molecular weight excluding hydrogens is 346 g/mol. The van der Waals surface area contributed by atoms with Gasteiger partial charge in [-0.25, -0.2) is 0 Å². The lowest BCUT2D eigenvalue weighted by Gasteiger charge is -2.41. The number of rotatable bonds is 7. The van der Waals surface area contributed by atoms with E-state index in [9.17, 15) is 18.6 Å². The zero-order chi connectivity index (χ0) is 17.9. The molecule has 1 heterocycles. The first-order chi connectivity index (χ1) is 10.5. The lowest BCUT2D eigenvalue weighted by molar-refractivity contribution is -0.163. The van der Waals surface area contributed by atoms with Crippen LogP contribution < -0.4 is 5.73 Å². The van der Waals surface area contributed by atoms with Crippen LogP contribution in [-0.2, 0) is 19.2 Å². The third-order valence-electron chi connectivity index (χ3n) is 3.33. The van der Waals surface area contributed by atoms with E-state index in [2.05, 4.69) is 6.58 Å². The number of nitrogens with two attached hydrogens (primary N) is 1. The number of aliphatic hydroxyl groups excluding tert-OH is 2. The van der Waals surface area contributed by atoms with Crippen molar-refractivity contribution in [3.63, 3.8) is 0 Å². The highest BCUT2D eigenvalue weighted by molar-refractivity contribution is 8.03. The minimum absolute atomic E-state index is 0.434. The lowest BCUT2D eigenvalue weighted by atomic mass is 9.99. The van der Waals surface area contributed by atoms with Crippen LogP contribution in [0.3, 0.4) is 0 Å². The van der Waals surface area contributed by atoms with E-state index in [1.165, 1.54) is 25.9 Å². The Balaban J connectivity index is 2.78. The molecule has 0 aromatic heterocycles. The van der Waals surface area contributed by atoms with Crippen molar-refractivity contribution in [2.75, 3.05) is 34.8 Å². The summed E-state index contributed by atoms with van der Waals surface area (Å²) in [5.41, 5.74) is 5.18. The highest BCUT2D eigenvalue weighted by Crippen LogP contribution is 2.32. The summed E-state index contributed by atoms with van der Waals surface area (Å²) in [6, 6.07) is -0.853. The molecule has 0 bridgehead atoms. The highest BCUT2D eigenvalue weighted by atomic mass is 32.2. The summed E-state index contributed by atoms with van der Waals surface area (Å²) in [5, 5.41) is 20.7. The number of ether oxygens (including phenoxy) is 1. The van der Waals surface area contributed by atoms with Crippen molar-refractivity contribution in [1.29, 1.82) is 0 Å². The van der Waals surface area contributed by atoms with Gasteiger partial charge in [0, 0.05) is 28.2 Å². The van der Waals surface area contributed by atoms with Gasteiger partial charge in [-0.1, -0.05) is 18.3 Å². The minimum atomic E-state index is -3.91. The van der Waals surface area contributed by atoms with Crippen LogP contribution in [0, 0.1) is 0 Å². The Morgan fingerprint density at radius 2 is 1.87 bits per heavy atom. The minimum Gasteiger partial charge on any atom is -0.389 e. The monoisotopic (exact) mass is 371 g/mol. The Morgan fingerprint density at radius 3 is 2.35 bits per heavy atom. The third kappa shape index (κ3) is 5.29. The zero-order valence-electron chi connectivity index (χ0n) is 13.6. The van der Waals surface area contributed by atoms with Crippen molar-refractivity contribution in [2.45, 2.75) is 29.8 Å². The fraction of sp³-hybridized carbons (Fsp3) is 0.833. The molecule has 23 heavy (non-hydrogen) atoms. The molecule has 136 valence electrons. The first kappa shape index (κ1) is 20.6. The molecule has 0 radical (unpaired) electrons. The normalized spacial score (nSPS) is 32.1. The van der Waals surface area contributed by atoms with Crippen LogP contribution in [0.5, 0.6) is 0 Å². The van der Waals surface area contributed by atoms with E-state index in [0.717, 1.165) is 4.31 Å². The molecule has 9 nitrogen and oxygen atoms in total.